The molecule has 0 radical (unpaired) electrons. The van der Waals surface area contributed by atoms with Crippen molar-refractivity contribution in [3.8, 4) is 0 Å². The topological polar surface area (TPSA) is 38.3 Å². The number of carbonyl (C=O) groups excluding carboxylic acids is 1. The third-order valence-electron chi connectivity index (χ3n) is 3.28. The van der Waals surface area contributed by atoms with Gasteiger partial charge in [0.1, 0.15) is 5.82 Å². The summed E-state index contributed by atoms with van der Waals surface area (Å²) in [4.78, 5) is 11.9. The van der Waals surface area contributed by atoms with Gasteiger partial charge in [0.25, 0.3) is 0 Å². The standard InChI is InChI=1S/C16H21ClFNO2S/c1-4-10(3)6-15(20)19-14-7-11(8-16(22)21-5-2)12(17)9-13(14)18/h7,9-10H,4-6,8H2,1-3H3,(H,19,20). The van der Waals surface area contributed by atoms with Crippen LogP contribution >= 0.6 is 23.8 Å². The Balaban J connectivity index is 2.87. The van der Waals surface area contributed by atoms with Crippen molar-refractivity contribution in [1.29, 1.82) is 0 Å². The highest BCUT2D eigenvalue weighted by molar-refractivity contribution is 7.80. The van der Waals surface area contributed by atoms with Crippen LogP contribution in [0.3, 0.4) is 0 Å². The smallest absolute Gasteiger partial charge is 0.224 e. The van der Waals surface area contributed by atoms with Gasteiger partial charge in [-0.25, -0.2) is 4.39 Å². The van der Waals surface area contributed by atoms with E-state index in [0.717, 1.165) is 6.42 Å². The van der Waals surface area contributed by atoms with E-state index >= 15 is 0 Å². The van der Waals surface area contributed by atoms with E-state index in [1.807, 2.05) is 20.8 Å². The number of nitrogens with one attached hydrogen (secondary N) is 1. The van der Waals surface area contributed by atoms with Crippen LogP contribution in [0, 0.1) is 11.7 Å². The largest absolute Gasteiger partial charge is 0.487 e. The number of rotatable bonds is 7. The van der Waals surface area contributed by atoms with Gasteiger partial charge in [-0.05, 0) is 42.8 Å². The number of anilines is 1. The normalized spacial score (nSPS) is 11.9. The van der Waals surface area contributed by atoms with Crippen LogP contribution in [0.5, 0.6) is 0 Å². The summed E-state index contributed by atoms with van der Waals surface area (Å²) in [6.45, 7) is 6.28. The quantitative estimate of drug-likeness (QED) is 0.724. The highest BCUT2D eigenvalue weighted by atomic mass is 35.5. The summed E-state index contributed by atoms with van der Waals surface area (Å²) >= 11 is 11.1. The van der Waals surface area contributed by atoms with Crippen molar-refractivity contribution < 1.29 is 13.9 Å². The number of benzene rings is 1. The van der Waals surface area contributed by atoms with Crippen molar-refractivity contribution in [2.24, 2.45) is 5.92 Å². The highest BCUT2D eigenvalue weighted by Crippen LogP contribution is 2.25. The van der Waals surface area contributed by atoms with E-state index in [1.165, 1.54) is 12.1 Å². The molecule has 1 aromatic rings. The van der Waals surface area contributed by atoms with Crippen LogP contribution in [0.25, 0.3) is 0 Å². The number of hydrogen-bond donors (Lipinski definition) is 1. The lowest BCUT2D eigenvalue weighted by atomic mass is 10.0. The number of hydrogen-bond acceptors (Lipinski definition) is 3. The Labute approximate surface area is 141 Å². The van der Waals surface area contributed by atoms with Crippen molar-refractivity contribution in [1.82, 2.24) is 0 Å². The molecule has 22 heavy (non-hydrogen) atoms. The molecule has 0 heterocycles. The lowest BCUT2D eigenvalue weighted by molar-refractivity contribution is -0.117. The van der Waals surface area contributed by atoms with Crippen LogP contribution in [-0.2, 0) is 16.0 Å². The van der Waals surface area contributed by atoms with Crippen molar-refractivity contribution in [2.75, 3.05) is 11.9 Å². The molecule has 1 rings (SSSR count). The van der Waals surface area contributed by atoms with E-state index in [0.29, 0.717) is 30.1 Å². The van der Waals surface area contributed by atoms with Gasteiger partial charge in [0.05, 0.1) is 12.3 Å². The Morgan fingerprint density at radius 2 is 2.14 bits per heavy atom. The minimum absolute atomic E-state index is 0.118. The van der Waals surface area contributed by atoms with Crippen LogP contribution in [-0.4, -0.2) is 17.6 Å². The van der Waals surface area contributed by atoms with Gasteiger partial charge in [-0.15, -0.1) is 0 Å². The fourth-order valence-corrected chi connectivity index (χ4v) is 2.35. The molecule has 0 aliphatic carbocycles. The molecule has 1 unspecified atom stereocenters. The Bertz CT molecular complexity index is 551. The zero-order valence-corrected chi connectivity index (χ0v) is 14.6. The van der Waals surface area contributed by atoms with Gasteiger partial charge in [0.2, 0.25) is 5.91 Å². The fourth-order valence-electron chi connectivity index (χ4n) is 1.85. The zero-order valence-electron chi connectivity index (χ0n) is 13.0. The van der Waals surface area contributed by atoms with E-state index in [2.05, 4.69) is 5.32 Å². The minimum atomic E-state index is -0.562. The average Bonchev–Trinajstić information content (AvgIpc) is 2.44. The second kappa shape index (κ2) is 9.06. The predicted octanol–water partition coefficient (Wildman–Crippen LogP) is 4.76. The molecular formula is C16H21ClFNO2S. The molecule has 3 nitrogen and oxygen atoms in total. The van der Waals surface area contributed by atoms with Crippen LogP contribution in [0.2, 0.25) is 5.02 Å². The summed E-state index contributed by atoms with van der Waals surface area (Å²) in [5, 5.41) is 3.24. The first-order chi connectivity index (χ1) is 10.4. The maximum Gasteiger partial charge on any atom is 0.224 e. The summed E-state index contributed by atoms with van der Waals surface area (Å²) in [5.41, 5.74) is 0.743. The maximum atomic E-state index is 13.9. The third kappa shape index (κ3) is 5.89. The van der Waals surface area contributed by atoms with E-state index in [1.54, 1.807) is 0 Å². The molecule has 6 heteroatoms. The molecule has 0 spiro atoms. The number of ether oxygens (including phenoxy) is 1. The van der Waals surface area contributed by atoms with Crippen molar-refractivity contribution >= 4 is 40.5 Å². The molecule has 122 valence electrons. The average molecular weight is 346 g/mol. The molecule has 1 atom stereocenters. The van der Waals surface area contributed by atoms with Crippen molar-refractivity contribution in [2.45, 2.75) is 40.0 Å². The van der Waals surface area contributed by atoms with Crippen LogP contribution in [0.15, 0.2) is 12.1 Å². The maximum absolute atomic E-state index is 13.9. The molecule has 0 aliphatic heterocycles. The monoisotopic (exact) mass is 345 g/mol. The zero-order chi connectivity index (χ0) is 16.7. The number of halogens is 2. The number of carbonyl (C=O) groups is 1. The van der Waals surface area contributed by atoms with Gasteiger partial charge in [0, 0.05) is 17.9 Å². The Kier molecular flexibility index (Phi) is 7.76. The summed E-state index contributed by atoms with van der Waals surface area (Å²) in [7, 11) is 0. The minimum Gasteiger partial charge on any atom is -0.487 e. The van der Waals surface area contributed by atoms with Crippen LogP contribution in [0.1, 0.15) is 39.2 Å². The molecule has 1 N–H and O–H groups in total. The summed E-state index contributed by atoms with van der Waals surface area (Å²) in [6.07, 6.45) is 1.55. The van der Waals surface area contributed by atoms with Gasteiger partial charge >= 0.3 is 0 Å². The number of thiocarbonyl (C=S) groups is 1. The molecule has 1 aromatic carbocycles. The van der Waals surface area contributed by atoms with Gasteiger partial charge in [-0.1, -0.05) is 31.9 Å². The second-order valence-electron chi connectivity index (χ2n) is 5.17. The first-order valence-corrected chi connectivity index (χ1v) is 8.09. The molecule has 0 saturated carbocycles. The lowest BCUT2D eigenvalue weighted by Crippen LogP contribution is -2.16. The van der Waals surface area contributed by atoms with Gasteiger partial charge < -0.3 is 10.1 Å². The van der Waals surface area contributed by atoms with E-state index < -0.39 is 5.82 Å². The molecule has 0 aliphatic rings. The Morgan fingerprint density at radius 1 is 1.45 bits per heavy atom. The van der Waals surface area contributed by atoms with Crippen LogP contribution < -0.4 is 5.32 Å². The van der Waals surface area contributed by atoms with E-state index in [-0.39, 0.29) is 22.5 Å². The van der Waals surface area contributed by atoms with Crippen molar-refractivity contribution in [3.05, 3.63) is 28.5 Å². The lowest BCUT2D eigenvalue weighted by Gasteiger charge is -2.13. The van der Waals surface area contributed by atoms with Crippen LogP contribution in [0.4, 0.5) is 10.1 Å². The highest BCUT2D eigenvalue weighted by Gasteiger charge is 2.14. The van der Waals surface area contributed by atoms with Crippen molar-refractivity contribution in [3.63, 3.8) is 0 Å². The van der Waals surface area contributed by atoms with E-state index in [4.69, 9.17) is 28.6 Å². The second-order valence-corrected chi connectivity index (χ2v) is 6.03. The Hall–Kier alpha value is -1.20. The summed E-state index contributed by atoms with van der Waals surface area (Å²) in [5.74, 6) is -0.525. The molecule has 0 saturated heterocycles. The molecule has 0 fully saturated rings. The van der Waals surface area contributed by atoms with Gasteiger partial charge in [-0.2, -0.15) is 0 Å². The van der Waals surface area contributed by atoms with Gasteiger partial charge in [0.15, 0.2) is 5.05 Å². The Morgan fingerprint density at radius 3 is 2.73 bits per heavy atom. The molecule has 0 aromatic heterocycles. The molecule has 1 amide bonds. The number of amides is 1. The SMILES string of the molecule is CCOC(=S)Cc1cc(NC(=O)CC(C)CC)c(F)cc1Cl. The summed E-state index contributed by atoms with van der Waals surface area (Å²) < 4.78 is 19.1. The first-order valence-electron chi connectivity index (χ1n) is 7.30. The predicted molar refractivity (Wildman–Crippen MR) is 92.0 cm³/mol. The fraction of sp³-hybridized carbons (Fsp3) is 0.500. The summed E-state index contributed by atoms with van der Waals surface area (Å²) in [6, 6.07) is 2.70. The molecule has 0 bridgehead atoms. The van der Waals surface area contributed by atoms with E-state index in [9.17, 15) is 9.18 Å². The molecular weight excluding hydrogens is 325 g/mol. The third-order valence-corrected chi connectivity index (χ3v) is 3.90. The first kappa shape index (κ1) is 18.8. The van der Waals surface area contributed by atoms with Gasteiger partial charge in [-0.3, -0.25) is 4.79 Å².